The minimum absolute atomic E-state index is 0.0504. The molecule has 0 aliphatic carbocycles. The van der Waals surface area contributed by atoms with Gasteiger partial charge in [0.1, 0.15) is 57.6 Å². The van der Waals surface area contributed by atoms with Gasteiger partial charge in [-0.2, -0.15) is 0 Å². The van der Waals surface area contributed by atoms with Gasteiger partial charge in [0.05, 0.1) is 11.6 Å². The second kappa shape index (κ2) is 23.6. The number of aliphatic hydroxyl groups is 3. The zero-order valence-electron chi connectivity index (χ0n) is 30.7. The van der Waals surface area contributed by atoms with Crippen LogP contribution in [0.25, 0.3) is 0 Å². The first-order chi connectivity index (χ1) is 25.3. The van der Waals surface area contributed by atoms with Crippen LogP contribution in [0.1, 0.15) is 70.3 Å². The highest BCUT2D eigenvalue weighted by Gasteiger charge is 2.47. The van der Waals surface area contributed by atoms with Crippen molar-refractivity contribution < 1.29 is 67.1 Å². The molecular formula is C34H56BN2O14PS. The molecule has 2 unspecified atom stereocenters. The Bertz CT molecular complexity index is 1310. The molecule has 16 nitrogen and oxygen atoms in total. The number of carbonyl (C=O) groups is 2. The Morgan fingerprint density at radius 3 is 2.40 bits per heavy atom. The molecule has 10 atom stereocenters. The van der Waals surface area contributed by atoms with E-state index in [0.29, 0.717) is 19.3 Å². The summed E-state index contributed by atoms with van der Waals surface area (Å²) in [6.07, 6.45) is 0.217. The summed E-state index contributed by atoms with van der Waals surface area (Å²) in [5, 5.41) is 35.8. The van der Waals surface area contributed by atoms with Gasteiger partial charge >= 0.3 is 14.0 Å². The smallest absolute Gasteiger partial charge is 0.431 e. The zero-order valence-corrected chi connectivity index (χ0v) is 32.4. The molecule has 1 aromatic rings. The highest BCUT2D eigenvalue weighted by molar-refractivity contribution is 7.80. The standard InChI is InChI=1S/C34H56BN2O14PS/c1-22(39)37-28-30(41)29(40)25(19-38)50-33(28)46-18-12-10-16-27(53)36-17-11-5-3-4-9-15-24-31(51-52(43,44)45-2)26(49-32(24)35)21-48-34(42)47-20-23-13-7-6-8-14-23/h6-8,13-14,24-26,28-33,38,40-41H,3-5,9-12,15-21,35H2,1-2H3,(H,36,53)(H,37,39)(H,43,44)/t24-,25+,26+,28+,29-,30+,31?,32+,33+/m0/s1. The lowest BCUT2D eigenvalue weighted by Crippen LogP contribution is -2.64. The second-order valence-corrected chi connectivity index (χ2v) is 15.3. The predicted octanol–water partition coefficient (Wildman–Crippen LogP) is 1.83. The van der Waals surface area contributed by atoms with E-state index in [1.807, 2.05) is 38.2 Å². The molecule has 2 aliphatic rings. The Morgan fingerprint density at radius 1 is 0.981 bits per heavy atom. The number of carbonyl (C=O) groups excluding carboxylic acids is 2. The highest BCUT2D eigenvalue weighted by atomic mass is 32.1. The molecule has 1 aromatic carbocycles. The largest absolute Gasteiger partial charge is 0.508 e. The van der Waals surface area contributed by atoms with Crippen LogP contribution in [0.15, 0.2) is 30.3 Å². The average Bonchev–Trinajstić information content (AvgIpc) is 3.42. The van der Waals surface area contributed by atoms with Crippen molar-refractivity contribution in [2.24, 2.45) is 5.92 Å². The van der Waals surface area contributed by atoms with E-state index in [-0.39, 0.29) is 31.7 Å². The number of hydrogen-bond acceptors (Lipinski definition) is 14. The van der Waals surface area contributed by atoms with Gasteiger partial charge in [0.15, 0.2) is 6.29 Å². The molecule has 0 radical (unpaired) electrons. The van der Waals surface area contributed by atoms with Crippen molar-refractivity contribution in [3.05, 3.63) is 35.9 Å². The van der Waals surface area contributed by atoms with Gasteiger partial charge in [-0.1, -0.05) is 68.2 Å². The highest BCUT2D eigenvalue weighted by Crippen LogP contribution is 2.48. The van der Waals surface area contributed by atoms with E-state index in [1.165, 1.54) is 6.92 Å². The van der Waals surface area contributed by atoms with Crippen LogP contribution in [0.2, 0.25) is 0 Å². The number of unbranched alkanes of at least 4 members (excludes halogenated alkanes) is 5. The molecule has 1 amide bonds. The van der Waals surface area contributed by atoms with Gasteiger partial charge in [-0.15, -0.1) is 0 Å². The van der Waals surface area contributed by atoms with E-state index in [1.54, 1.807) is 0 Å². The number of amides is 1. The number of phosphoric ester groups is 1. The number of thiocarbonyl (C=S) groups is 1. The topological polar surface area (TPSA) is 221 Å². The number of aliphatic hydroxyl groups excluding tert-OH is 3. The zero-order chi connectivity index (χ0) is 38.8. The number of nitrogens with one attached hydrogen (secondary N) is 2. The quantitative estimate of drug-likeness (QED) is 0.0306. The number of benzene rings is 1. The summed E-state index contributed by atoms with van der Waals surface area (Å²) in [5.41, 5.74) is 0.809. The van der Waals surface area contributed by atoms with Crippen molar-refractivity contribution in [3.8, 4) is 0 Å². The van der Waals surface area contributed by atoms with Crippen LogP contribution in [-0.4, -0.2) is 127 Å². The Hall–Kier alpha value is -2.22. The molecule has 6 N–H and O–H groups in total. The fourth-order valence-corrected chi connectivity index (χ4v) is 7.26. The van der Waals surface area contributed by atoms with Crippen LogP contribution >= 0.6 is 20.0 Å². The summed E-state index contributed by atoms with van der Waals surface area (Å²) in [7, 11) is -1.38. The summed E-state index contributed by atoms with van der Waals surface area (Å²) >= 11 is 5.46. The normalized spacial score (nSPS) is 28.2. The molecule has 0 aromatic heterocycles. The van der Waals surface area contributed by atoms with E-state index in [9.17, 15) is 34.4 Å². The maximum atomic E-state index is 12.3. The van der Waals surface area contributed by atoms with Gasteiger partial charge < -0.3 is 54.5 Å². The third-order valence-corrected chi connectivity index (χ3v) is 10.5. The van der Waals surface area contributed by atoms with E-state index in [0.717, 1.165) is 62.7 Å². The lowest BCUT2D eigenvalue weighted by molar-refractivity contribution is -0.270. The van der Waals surface area contributed by atoms with E-state index < -0.39 is 69.3 Å². The molecule has 300 valence electrons. The molecule has 53 heavy (non-hydrogen) atoms. The monoisotopic (exact) mass is 790 g/mol. The summed E-state index contributed by atoms with van der Waals surface area (Å²) in [6.45, 7) is 1.64. The fraction of sp³-hybridized carbons (Fsp3) is 0.735. The van der Waals surface area contributed by atoms with Crippen LogP contribution in [0.4, 0.5) is 4.79 Å². The Labute approximate surface area is 317 Å². The maximum Gasteiger partial charge on any atom is 0.508 e. The minimum atomic E-state index is -4.34. The Balaban J connectivity index is 1.28. The molecule has 0 spiro atoms. The first-order valence-electron chi connectivity index (χ1n) is 18.2. The van der Waals surface area contributed by atoms with Crippen LogP contribution in [-0.2, 0) is 48.7 Å². The molecule has 2 fully saturated rings. The van der Waals surface area contributed by atoms with Gasteiger partial charge in [-0.3, -0.25) is 13.8 Å². The van der Waals surface area contributed by atoms with Gasteiger partial charge in [-0.25, -0.2) is 9.36 Å². The van der Waals surface area contributed by atoms with Gasteiger partial charge in [0, 0.05) is 39.1 Å². The summed E-state index contributed by atoms with van der Waals surface area (Å²) in [4.78, 5) is 34.6. The minimum Gasteiger partial charge on any atom is -0.431 e. The SMILES string of the molecule is B[C@@H]1O[C@H](COC(=O)OCc2ccccc2)C(OP(=O)(O)OC)[C@@H]1CCCCCCCNC(=S)CCCCO[C@@H]1O[C@H](CO)[C@H](O)[C@H](O)[C@H]1NC(C)=O. The third-order valence-electron chi connectivity index (χ3n) is 9.20. The summed E-state index contributed by atoms with van der Waals surface area (Å²) < 4.78 is 50.3. The van der Waals surface area contributed by atoms with E-state index in [4.69, 9.17) is 40.4 Å². The number of hydrogen-bond donors (Lipinski definition) is 6. The third kappa shape index (κ3) is 15.8. The van der Waals surface area contributed by atoms with Crippen molar-refractivity contribution in [2.75, 3.05) is 33.5 Å². The predicted molar refractivity (Wildman–Crippen MR) is 198 cm³/mol. The van der Waals surface area contributed by atoms with Gasteiger partial charge in [0.2, 0.25) is 5.91 Å². The number of rotatable bonds is 23. The van der Waals surface area contributed by atoms with Crippen molar-refractivity contribution in [2.45, 2.75) is 120 Å². The van der Waals surface area contributed by atoms with Gasteiger partial charge in [-0.05, 0) is 37.7 Å². The van der Waals surface area contributed by atoms with Crippen molar-refractivity contribution in [1.82, 2.24) is 10.6 Å². The number of phosphoric acid groups is 1. The van der Waals surface area contributed by atoms with Crippen LogP contribution in [0.5, 0.6) is 0 Å². The Morgan fingerprint density at radius 2 is 1.70 bits per heavy atom. The van der Waals surface area contributed by atoms with Crippen LogP contribution in [0, 0.1) is 5.92 Å². The molecule has 19 heteroatoms. The summed E-state index contributed by atoms with van der Waals surface area (Å²) in [6, 6.07) is 7.90. The van der Waals surface area contributed by atoms with E-state index >= 15 is 0 Å². The molecular weight excluding hydrogens is 734 g/mol. The first kappa shape index (κ1) is 45.2. The van der Waals surface area contributed by atoms with Crippen LogP contribution in [0.3, 0.4) is 0 Å². The van der Waals surface area contributed by atoms with Crippen molar-refractivity contribution in [1.29, 1.82) is 0 Å². The van der Waals surface area contributed by atoms with Crippen molar-refractivity contribution >= 4 is 44.9 Å². The lowest BCUT2D eigenvalue weighted by Gasteiger charge is -2.42. The molecule has 3 rings (SSSR count). The van der Waals surface area contributed by atoms with Crippen molar-refractivity contribution in [3.63, 3.8) is 0 Å². The van der Waals surface area contributed by atoms with Gasteiger partial charge in [0.25, 0.3) is 0 Å². The molecule has 0 bridgehead atoms. The maximum absolute atomic E-state index is 12.3. The molecule has 2 heterocycles. The first-order valence-corrected chi connectivity index (χ1v) is 20.1. The molecule has 2 aliphatic heterocycles. The molecule has 0 saturated carbocycles. The average molecular weight is 791 g/mol. The number of ether oxygens (including phenoxy) is 5. The summed E-state index contributed by atoms with van der Waals surface area (Å²) in [5.74, 6) is -0.623. The molecule has 2 saturated heterocycles. The lowest BCUT2D eigenvalue weighted by atomic mass is 9.81. The van der Waals surface area contributed by atoms with E-state index in [2.05, 4.69) is 15.2 Å². The fourth-order valence-electron chi connectivity index (χ4n) is 6.33. The van der Waals surface area contributed by atoms with Crippen LogP contribution < -0.4 is 10.6 Å². The second-order valence-electron chi connectivity index (χ2n) is 13.3. The Kier molecular flexibility index (Phi) is 20.2.